The van der Waals surface area contributed by atoms with E-state index in [1.54, 1.807) is 13.8 Å². The van der Waals surface area contributed by atoms with Crippen LogP contribution >= 0.6 is 23.2 Å². The Labute approximate surface area is 143 Å². The smallest absolute Gasteiger partial charge is 0.335 e. The first-order chi connectivity index (χ1) is 10.6. The first-order valence-electron chi connectivity index (χ1n) is 6.44. The van der Waals surface area contributed by atoms with Gasteiger partial charge in [0.05, 0.1) is 21.2 Å². The van der Waals surface area contributed by atoms with Gasteiger partial charge >= 0.3 is 5.97 Å². The SMILES string of the molecule is Cc1cc(C(=O)O)cc(S(=O)(=O)Nc2cc(Cl)ccc2Cl)c1C. The predicted molar refractivity (Wildman–Crippen MR) is 90.1 cm³/mol. The van der Waals surface area contributed by atoms with Gasteiger partial charge in [-0.2, -0.15) is 0 Å². The van der Waals surface area contributed by atoms with Crippen molar-refractivity contribution in [2.75, 3.05) is 4.72 Å². The molecule has 23 heavy (non-hydrogen) atoms. The number of anilines is 1. The maximum Gasteiger partial charge on any atom is 0.335 e. The van der Waals surface area contributed by atoms with Crippen molar-refractivity contribution in [3.05, 3.63) is 57.1 Å². The molecule has 2 aromatic carbocycles. The van der Waals surface area contributed by atoms with Gasteiger partial charge in [0.2, 0.25) is 0 Å². The summed E-state index contributed by atoms with van der Waals surface area (Å²) in [5, 5.41) is 9.61. The highest BCUT2D eigenvalue weighted by Gasteiger charge is 2.22. The van der Waals surface area contributed by atoms with Gasteiger partial charge in [0.15, 0.2) is 0 Å². The van der Waals surface area contributed by atoms with Gasteiger partial charge in [-0.05, 0) is 55.3 Å². The zero-order valence-electron chi connectivity index (χ0n) is 12.2. The van der Waals surface area contributed by atoms with Crippen LogP contribution in [0.1, 0.15) is 21.5 Å². The topological polar surface area (TPSA) is 83.5 Å². The van der Waals surface area contributed by atoms with E-state index in [1.165, 1.54) is 24.3 Å². The summed E-state index contributed by atoms with van der Waals surface area (Å²) in [4.78, 5) is 11.0. The van der Waals surface area contributed by atoms with Crippen molar-refractivity contribution in [3.8, 4) is 0 Å². The summed E-state index contributed by atoms with van der Waals surface area (Å²) in [7, 11) is -4.02. The Kier molecular flexibility index (Phi) is 4.89. The molecule has 0 saturated carbocycles. The predicted octanol–water partition coefficient (Wildman–Crippen LogP) is 4.11. The maximum atomic E-state index is 12.6. The molecular weight excluding hydrogens is 361 g/mol. The van der Waals surface area contributed by atoms with Crippen LogP contribution in [0.15, 0.2) is 35.2 Å². The quantitative estimate of drug-likeness (QED) is 0.844. The molecule has 0 fully saturated rings. The average Bonchev–Trinajstić information content (AvgIpc) is 2.44. The highest BCUT2D eigenvalue weighted by Crippen LogP contribution is 2.29. The maximum absolute atomic E-state index is 12.6. The highest BCUT2D eigenvalue weighted by atomic mass is 35.5. The number of sulfonamides is 1. The molecule has 0 heterocycles. The molecule has 0 aliphatic heterocycles. The third-order valence-electron chi connectivity index (χ3n) is 3.33. The molecule has 0 spiro atoms. The Hall–Kier alpha value is -1.76. The molecule has 0 aliphatic carbocycles. The first-order valence-corrected chi connectivity index (χ1v) is 8.68. The Morgan fingerprint density at radius 3 is 2.39 bits per heavy atom. The fraction of sp³-hybridized carbons (Fsp3) is 0.133. The van der Waals surface area contributed by atoms with Gasteiger partial charge in [-0.25, -0.2) is 13.2 Å². The van der Waals surface area contributed by atoms with E-state index in [0.717, 1.165) is 6.07 Å². The lowest BCUT2D eigenvalue weighted by Gasteiger charge is -2.14. The van der Waals surface area contributed by atoms with Gasteiger partial charge in [-0.3, -0.25) is 4.72 Å². The summed E-state index contributed by atoms with van der Waals surface area (Å²) >= 11 is 11.8. The van der Waals surface area contributed by atoms with Crippen molar-refractivity contribution in [2.45, 2.75) is 18.7 Å². The molecule has 0 aromatic heterocycles. The monoisotopic (exact) mass is 373 g/mol. The highest BCUT2D eigenvalue weighted by molar-refractivity contribution is 7.92. The number of benzene rings is 2. The van der Waals surface area contributed by atoms with Crippen molar-refractivity contribution in [3.63, 3.8) is 0 Å². The van der Waals surface area contributed by atoms with Gasteiger partial charge in [-0.15, -0.1) is 0 Å². The number of aromatic carboxylic acids is 1. The Balaban J connectivity index is 2.56. The van der Waals surface area contributed by atoms with Gasteiger partial charge in [-0.1, -0.05) is 23.2 Å². The molecule has 122 valence electrons. The van der Waals surface area contributed by atoms with Crippen LogP contribution in [-0.4, -0.2) is 19.5 Å². The standard InChI is InChI=1S/C15H13Cl2NO4S/c1-8-5-10(15(19)20)6-14(9(8)2)23(21,22)18-13-7-11(16)3-4-12(13)17/h3-7,18H,1-2H3,(H,19,20). The summed E-state index contributed by atoms with van der Waals surface area (Å²) in [5.41, 5.74) is 1.03. The van der Waals surface area contributed by atoms with Gasteiger partial charge < -0.3 is 5.11 Å². The van der Waals surface area contributed by atoms with Gasteiger partial charge in [0.25, 0.3) is 10.0 Å². The van der Waals surface area contributed by atoms with Crippen LogP contribution in [0.2, 0.25) is 10.0 Å². The third kappa shape index (κ3) is 3.77. The number of carbonyl (C=O) groups is 1. The minimum Gasteiger partial charge on any atom is -0.478 e. The molecule has 0 saturated heterocycles. The number of hydrogen-bond donors (Lipinski definition) is 2. The van der Waals surface area contributed by atoms with E-state index in [0.29, 0.717) is 16.1 Å². The van der Waals surface area contributed by atoms with Crippen LogP contribution < -0.4 is 4.72 Å². The summed E-state index contributed by atoms with van der Waals surface area (Å²) in [6, 6.07) is 6.91. The fourth-order valence-electron chi connectivity index (χ4n) is 2.01. The molecule has 0 bridgehead atoms. The summed E-state index contributed by atoms with van der Waals surface area (Å²) in [6.45, 7) is 3.25. The molecule has 2 aromatic rings. The fourth-order valence-corrected chi connectivity index (χ4v) is 3.81. The van der Waals surface area contributed by atoms with Gasteiger partial charge in [0.1, 0.15) is 0 Å². The van der Waals surface area contributed by atoms with Crippen molar-refractivity contribution >= 4 is 44.9 Å². The van der Waals surface area contributed by atoms with Crippen LogP contribution in [-0.2, 0) is 10.0 Å². The number of aryl methyl sites for hydroxylation is 1. The average molecular weight is 374 g/mol. The largest absolute Gasteiger partial charge is 0.478 e. The zero-order valence-corrected chi connectivity index (χ0v) is 14.6. The molecule has 0 amide bonds. The minimum atomic E-state index is -4.02. The molecule has 2 rings (SSSR count). The lowest BCUT2D eigenvalue weighted by molar-refractivity contribution is 0.0696. The van der Waals surface area contributed by atoms with Crippen molar-refractivity contribution in [1.82, 2.24) is 0 Å². The number of nitrogens with one attached hydrogen (secondary N) is 1. The summed E-state index contributed by atoms with van der Waals surface area (Å²) in [6.07, 6.45) is 0. The van der Waals surface area contributed by atoms with E-state index in [1.807, 2.05) is 0 Å². The molecule has 0 aliphatic rings. The molecule has 0 radical (unpaired) electrons. The van der Waals surface area contributed by atoms with Crippen molar-refractivity contribution in [2.24, 2.45) is 0 Å². The number of carboxylic acid groups (broad SMARTS) is 1. The molecule has 0 unspecified atom stereocenters. The van der Waals surface area contributed by atoms with Crippen molar-refractivity contribution in [1.29, 1.82) is 0 Å². The van der Waals surface area contributed by atoms with Crippen LogP contribution in [0, 0.1) is 13.8 Å². The second-order valence-electron chi connectivity index (χ2n) is 4.95. The van der Waals surface area contributed by atoms with Crippen LogP contribution in [0.5, 0.6) is 0 Å². The van der Waals surface area contributed by atoms with Gasteiger partial charge in [0, 0.05) is 5.02 Å². The zero-order chi connectivity index (χ0) is 17.4. The Morgan fingerprint density at radius 1 is 1.13 bits per heavy atom. The first kappa shape index (κ1) is 17.6. The lowest BCUT2D eigenvalue weighted by Crippen LogP contribution is -2.16. The van der Waals surface area contributed by atoms with Crippen LogP contribution in [0.4, 0.5) is 5.69 Å². The van der Waals surface area contributed by atoms with E-state index in [2.05, 4.69) is 4.72 Å². The summed E-state index contributed by atoms with van der Waals surface area (Å²) in [5.74, 6) is -1.20. The van der Waals surface area contributed by atoms with E-state index in [-0.39, 0.29) is 21.2 Å². The normalized spacial score (nSPS) is 11.3. The number of halogens is 2. The van der Waals surface area contributed by atoms with Crippen LogP contribution in [0.3, 0.4) is 0 Å². The molecule has 5 nitrogen and oxygen atoms in total. The molecular formula is C15H13Cl2NO4S. The van der Waals surface area contributed by atoms with Crippen LogP contribution in [0.25, 0.3) is 0 Å². The lowest BCUT2D eigenvalue weighted by atomic mass is 10.1. The minimum absolute atomic E-state index is 0.106. The number of hydrogen-bond acceptors (Lipinski definition) is 3. The Bertz CT molecular complexity index is 895. The molecule has 8 heteroatoms. The van der Waals surface area contributed by atoms with E-state index >= 15 is 0 Å². The molecule has 0 atom stereocenters. The molecule has 2 N–H and O–H groups in total. The second kappa shape index (κ2) is 6.39. The Morgan fingerprint density at radius 2 is 1.78 bits per heavy atom. The van der Waals surface area contributed by atoms with E-state index in [9.17, 15) is 13.2 Å². The number of rotatable bonds is 4. The summed E-state index contributed by atoms with van der Waals surface area (Å²) < 4.78 is 27.6. The third-order valence-corrected chi connectivity index (χ3v) is 5.39. The second-order valence-corrected chi connectivity index (χ2v) is 7.45. The number of carboxylic acids is 1. The van der Waals surface area contributed by atoms with E-state index < -0.39 is 16.0 Å². The van der Waals surface area contributed by atoms with Crippen molar-refractivity contribution < 1.29 is 18.3 Å². The van der Waals surface area contributed by atoms with E-state index in [4.69, 9.17) is 28.3 Å².